The molecule has 0 aliphatic rings. The maximum atomic E-state index is 13.3. The van der Waals surface area contributed by atoms with E-state index in [9.17, 15) is 70.2 Å². The highest BCUT2D eigenvalue weighted by molar-refractivity contribution is 5.13. The van der Waals surface area contributed by atoms with Crippen molar-refractivity contribution >= 4 is 0 Å². The minimum absolute atomic E-state index is 0.556. The van der Waals surface area contributed by atoms with E-state index in [-0.39, 0.29) is 0 Å². The Bertz CT molecular complexity index is 587. The largest absolute Gasteiger partial charge is 0.460 e. The SMILES string of the molecule is OCCOCCOC(F)C(F)(F)C(F)(F)C(F)(F)C(F)(F)C(F)(F)C(F)(F)C(F)(F)F. The molecule has 0 amide bonds. The van der Waals surface area contributed by atoms with Crippen LogP contribution in [0, 0.1) is 0 Å². The highest BCUT2D eigenvalue weighted by atomic mass is 19.4. The molecule has 0 saturated heterocycles. The molecule has 19 heteroatoms. The van der Waals surface area contributed by atoms with E-state index >= 15 is 0 Å². The van der Waals surface area contributed by atoms with Gasteiger partial charge in [-0.3, -0.25) is 0 Å². The molecule has 1 atom stereocenters. The molecule has 3 nitrogen and oxygen atoms in total. The maximum absolute atomic E-state index is 13.3. The topological polar surface area (TPSA) is 38.7 Å². The first kappa shape index (κ1) is 29.8. The second-order valence-corrected chi connectivity index (χ2v) is 5.52. The Morgan fingerprint density at radius 1 is 0.548 bits per heavy atom. The van der Waals surface area contributed by atoms with Crippen LogP contribution in [-0.2, 0) is 9.47 Å². The highest BCUT2D eigenvalue weighted by Gasteiger charge is 2.94. The lowest BCUT2D eigenvalue weighted by molar-refractivity contribution is -0.458. The van der Waals surface area contributed by atoms with Crippen LogP contribution in [0.15, 0.2) is 0 Å². The van der Waals surface area contributed by atoms with Crippen molar-refractivity contribution in [3.8, 4) is 0 Å². The first-order chi connectivity index (χ1) is 13.5. The third-order valence-corrected chi connectivity index (χ3v) is 3.36. The smallest absolute Gasteiger partial charge is 0.394 e. The molecule has 0 radical (unpaired) electrons. The molecule has 0 aliphatic carbocycles. The molecular formula is C12H10F16O3. The van der Waals surface area contributed by atoms with Crippen molar-refractivity contribution in [3.63, 3.8) is 0 Å². The van der Waals surface area contributed by atoms with Gasteiger partial charge in [0.15, 0.2) is 0 Å². The van der Waals surface area contributed by atoms with E-state index in [0.29, 0.717) is 0 Å². The van der Waals surface area contributed by atoms with E-state index in [1.54, 1.807) is 0 Å². The fourth-order valence-electron chi connectivity index (χ4n) is 1.60. The molecule has 1 N–H and O–H groups in total. The second-order valence-electron chi connectivity index (χ2n) is 5.52. The van der Waals surface area contributed by atoms with Crippen LogP contribution in [0.25, 0.3) is 0 Å². The number of ether oxygens (including phenoxy) is 2. The second kappa shape index (κ2) is 8.95. The standard InChI is InChI=1S/C12H10F16O3/c13-5(31-4-3-30-2-1-29)6(14,15)7(16,17)8(18,19)9(20,21)10(22,23)11(24,25)12(26,27)28/h5,29H,1-4H2. The summed E-state index contributed by atoms with van der Waals surface area (Å²) in [5.74, 6) is -48.5. The normalized spacial score (nSPS) is 16.5. The van der Waals surface area contributed by atoms with E-state index in [1.807, 2.05) is 0 Å². The Balaban J connectivity index is 6.03. The summed E-state index contributed by atoms with van der Waals surface area (Å²) in [6.45, 7) is -3.73. The predicted molar refractivity (Wildman–Crippen MR) is 64.5 cm³/mol. The van der Waals surface area contributed by atoms with Gasteiger partial charge in [-0.25, -0.2) is 4.39 Å². The van der Waals surface area contributed by atoms with Crippen LogP contribution in [0.5, 0.6) is 0 Å². The molecule has 0 bridgehead atoms. The van der Waals surface area contributed by atoms with E-state index in [0.717, 1.165) is 0 Å². The number of aliphatic hydroxyl groups excluding tert-OH is 1. The Labute approximate surface area is 160 Å². The van der Waals surface area contributed by atoms with Crippen molar-refractivity contribution < 1.29 is 84.8 Å². The van der Waals surface area contributed by atoms with Crippen LogP contribution >= 0.6 is 0 Å². The lowest BCUT2D eigenvalue weighted by Crippen LogP contribution is -2.73. The monoisotopic (exact) mass is 506 g/mol. The maximum Gasteiger partial charge on any atom is 0.460 e. The molecule has 188 valence electrons. The molecule has 1 unspecified atom stereocenters. The summed E-state index contributed by atoms with van der Waals surface area (Å²) >= 11 is 0. The molecule has 0 aromatic rings. The molecule has 0 fully saturated rings. The first-order valence-corrected chi connectivity index (χ1v) is 7.26. The summed E-state index contributed by atoms with van der Waals surface area (Å²) in [5, 5.41) is 8.25. The lowest BCUT2D eigenvalue weighted by atomic mass is 9.91. The summed E-state index contributed by atoms with van der Waals surface area (Å²) in [7, 11) is 0. The third kappa shape index (κ3) is 4.76. The number of aliphatic hydroxyl groups is 1. The summed E-state index contributed by atoms with van der Waals surface area (Å²) in [4.78, 5) is 0. The lowest BCUT2D eigenvalue weighted by Gasteiger charge is -2.41. The average Bonchev–Trinajstić information content (AvgIpc) is 2.59. The van der Waals surface area contributed by atoms with Crippen LogP contribution in [0.3, 0.4) is 0 Å². The van der Waals surface area contributed by atoms with Crippen LogP contribution in [-0.4, -0.2) is 79.6 Å². The molecular weight excluding hydrogens is 496 g/mol. The minimum atomic E-state index is -8.49. The number of hydrogen-bond donors (Lipinski definition) is 1. The van der Waals surface area contributed by atoms with Crippen molar-refractivity contribution in [2.75, 3.05) is 26.4 Å². The zero-order valence-electron chi connectivity index (χ0n) is 14.2. The van der Waals surface area contributed by atoms with Crippen molar-refractivity contribution in [2.45, 2.75) is 48.1 Å². The Morgan fingerprint density at radius 2 is 0.935 bits per heavy atom. The Hall–Kier alpha value is -1.24. The molecule has 0 rings (SSSR count). The average molecular weight is 506 g/mol. The van der Waals surface area contributed by atoms with Crippen molar-refractivity contribution in [1.82, 2.24) is 0 Å². The van der Waals surface area contributed by atoms with E-state index < -0.39 is 74.5 Å². The van der Waals surface area contributed by atoms with E-state index in [2.05, 4.69) is 9.47 Å². The molecule has 0 aliphatic heterocycles. The van der Waals surface area contributed by atoms with Gasteiger partial charge in [0.25, 0.3) is 6.36 Å². The van der Waals surface area contributed by atoms with Gasteiger partial charge in [0.05, 0.1) is 26.4 Å². The highest BCUT2D eigenvalue weighted by Crippen LogP contribution is 2.62. The predicted octanol–water partition coefficient (Wildman–Crippen LogP) is 4.68. The molecule has 0 spiro atoms. The van der Waals surface area contributed by atoms with Crippen LogP contribution in [0.1, 0.15) is 0 Å². The van der Waals surface area contributed by atoms with Crippen LogP contribution < -0.4 is 0 Å². The third-order valence-electron chi connectivity index (χ3n) is 3.36. The number of halogens is 16. The van der Waals surface area contributed by atoms with Crippen molar-refractivity contribution in [2.24, 2.45) is 0 Å². The fraction of sp³-hybridized carbons (Fsp3) is 1.00. The van der Waals surface area contributed by atoms with Gasteiger partial charge in [0.2, 0.25) is 0 Å². The Morgan fingerprint density at radius 3 is 1.32 bits per heavy atom. The minimum Gasteiger partial charge on any atom is -0.394 e. The number of rotatable bonds is 12. The van der Waals surface area contributed by atoms with Gasteiger partial charge < -0.3 is 14.6 Å². The van der Waals surface area contributed by atoms with Gasteiger partial charge in [-0.15, -0.1) is 0 Å². The first-order valence-electron chi connectivity index (χ1n) is 7.26. The van der Waals surface area contributed by atoms with E-state index in [4.69, 9.17) is 5.11 Å². The Kier molecular flexibility index (Phi) is 8.59. The van der Waals surface area contributed by atoms with Gasteiger partial charge in [-0.1, -0.05) is 0 Å². The van der Waals surface area contributed by atoms with Gasteiger partial charge in [0.1, 0.15) is 0 Å². The zero-order chi connectivity index (χ0) is 25.3. The number of alkyl halides is 16. The van der Waals surface area contributed by atoms with E-state index in [1.165, 1.54) is 0 Å². The summed E-state index contributed by atoms with van der Waals surface area (Å²) in [6.07, 6.45) is -12.7. The molecule has 0 aromatic heterocycles. The summed E-state index contributed by atoms with van der Waals surface area (Å²) < 4.78 is 214. The molecule has 0 saturated carbocycles. The van der Waals surface area contributed by atoms with Gasteiger partial charge >= 0.3 is 41.7 Å². The molecule has 31 heavy (non-hydrogen) atoms. The van der Waals surface area contributed by atoms with Crippen molar-refractivity contribution in [1.29, 1.82) is 0 Å². The van der Waals surface area contributed by atoms with Gasteiger partial charge in [-0.05, 0) is 0 Å². The van der Waals surface area contributed by atoms with Gasteiger partial charge in [0, 0.05) is 0 Å². The van der Waals surface area contributed by atoms with Crippen molar-refractivity contribution in [3.05, 3.63) is 0 Å². The zero-order valence-corrected chi connectivity index (χ0v) is 14.2. The van der Waals surface area contributed by atoms with Gasteiger partial charge in [-0.2, -0.15) is 65.9 Å². The van der Waals surface area contributed by atoms with Crippen LogP contribution in [0.2, 0.25) is 0 Å². The molecule has 0 aromatic carbocycles. The molecule has 0 heterocycles. The summed E-state index contributed by atoms with van der Waals surface area (Å²) in [6, 6.07) is 0. The fourth-order valence-corrected chi connectivity index (χ4v) is 1.60. The van der Waals surface area contributed by atoms with Crippen LogP contribution in [0.4, 0.5) is 70.2 Å². The number of hydrogen-bond acceptors (Lipinski definition) is 3. The summed E-state index contributed by atoms with van der Waals surface area (Å²) in [5.41, 5.74) is 0. The quantitative estimate of drug-likeness (QED) is 0.309.